The van der Waals surface area contributed by atoms with E-state index < -0.39 is 47.9 Å². The smallest absolute Gasteiger partial charge is 0.303 e. The molecule has 0 fully saturated rings. The molecule has 0 spiro atoms. The maximum absolute atomic E-state index is 12.5. The Morgan fingerprint density at radius 1 is 0.676 bits per heavy atom. The molecule has 2 amide bonds. The Kier molecular flexibility index (Phi) is 11.8. The lowest BCUT2D eigenvalue weighted by atomic mass is 10.1. The molecule has 2 unspecified atom stereocenters. The third kappa shape index (κ3) is 11.6. The van der Waals surface area contributed by atoms with Crippen molar-refractivity contribution in [1.82, 2.24) is 10.6 Å². The number of ether oxygens (including phenoxy) is 4. The first-order valence-corrected chi connectivity index (χ1v) is 10.3. The van der Waals surface area contributed by atoms with Gasteiger partial charge in [0.2, 0.25) is 0 Å². The fourth-order valence-corrected chi connectivity index (χ4v) is 2.58. The van der Waals surface area contributed by atoms with Crippen LogP contribution < -0.4 is 10.6 Å². The van der Waals surface area contributed by atoms with E-state index in [2.05, 4.69) is 10.6 Å². The topological polar surface area (TPSA) is 163 Å². The van der Waals surface area contributed by atoms with Crippen molar-refractivity contribution in [2.45, 2.75) is 39.9 Å². The van der Waals surface area contributed by atoms with Crippen molar-refractivity contribution in [2.24, 2.45) is 0 Å². The Morgan fingerprint density at radius 2 is 1.06 bits per heavy atom. The van der Waals surface area contributed by atoms with Crippen LogP contribution in [0.5, 0.6) is 0 Å². The molecule has 2 N–H and O–H groups in total. The number of carbonyl (C=O) groups excluding carboxylic acids is 6. The molecule has 0 aromatic heterocycles. The third-order valence-electron chi connectivity index (χ3n) is 3.98. The van der Waals surface area contributed by atoms with Crippen LogP contribution in [0.15, 0.2) is 24.3 Å². The van der Waals surface area contributed by atoms with Crippen molar-refractivity contribution in [3.8, 4) is 0 Å². The fraction of sp³-hybridized carbons (Fsp3) is 0.455. The zero-order chi connectivity index (χ0) is 25.7. The molecule has 12 heteroatoms. The second-order valence-electron chi connectivity index (χ2n) is 7.07. The maximum Gasteiger partial charge on any atom is 0.303 e. The van der Waals surface area contributed by atoms with Crippen molar-refractivity contribution in [3.63, 3.8) is 0 Å². The Labute approximate surface area is 196 Å². The largest absolute Gasteiger partial charge is 0.462 e. The highest BCUT2D eigenvalue weighted by Gasteiger charge is 2.18. The third-order valence-corrected chi connectivity index (χ3v) is 3.98. The number of benzene rings is 1. The molecule has 0 aliphatic carbocycles. The van der Waals surface area contributed by atoms with E-state index in [-0.39, 0.29) is 37.4 Å². The van der Waals surface area contributed by atoms with Gasteiger partial charge in [-0.3, -0.25) is 28.8 Å². The van der Waals surface area contributed by atoms with Crippen LogP contribution >= 0.6 is 0 Å². The van der Waals surface area contributed by atoms with Gasteiger partial charge < -0.3 is 29.6 Å². The van der Waals surface area contributed by atoms with Crippen LogP contribution in [0.3, 0.4) is 0 Å². The summed E-state index contributed by atoms with van der Waals surface area (Å²) in [6, 6.07) is 5.78. The van der Waals surface area contributed by atoms with Gasteiger partial charge >= 0.3 is 23.9 Å². The van der Waals surface area contributed by atoms with Gasteiger partial charge in [0.25, 0.3) is 11.8 Å². The normalized spacial score (nSPS) is 11.9. The van der Waals surface area contributed by atoms with Crippen LogP contribution in [0.25, 0.3) is 0 Å². The van der Waals surface area contributed by atoms with Crippen LogP contribution in [-0.4, -0.2) is 74.2 Å². The lowest BCUT2D eigenvalue weighted by molar-refractivity contribution is -0.155. The van der Waals surface area contributed by atoms with Crippen molar-refractivity contribution in [2.75, 3.05) is 26.3 Å². The first kappa shape index (κ1) is 28.1. The molecule has 34 heavy (non-hydrogen) atoms. The second kappa shape index (κ2) is 14.2. The minimum absolute atomic E-state index is 0.123. The highest BCUT2D eigenvalue weighted by molar-refractivity contribution is 5.99. The van der Waals surface area contributed by atoms with Crippen molar-refractivity contribution in [1.29, 1.82) is 0 Å². The lowest BCUT2D eigenvalue weighted by Gasteiger charge is -2.18. The highest BCUT2D eigenvalue weighted by atomic mass is 16.6. The van der Waals surface area contributed by atoms with E-state index >= 15 is 0 Å². The summed E-state index contributed by atoms with van der Waals surface area (Å²) in [5.41, 5.74) is 0.302. The molecule has 0 saturated heterocycles. The summed E-state index contributed by atoms with van der Waals surface area (Å²) in [5.74, 6) is -3.45. The number of rotatable bonds is 12. The van der Waals surface area contributed by atoms with Gasteiger partial charge in [-0.05, 0) is 18.2 Å². The van der Waals surface area contributed by atoms with Crippen LogP contribution in [-0.2, 0) is 38.1 Å². The Morgan fingerprint density at radius 3 is 1.38 bits per heavy atom. The summed E-state index contributed by atoms with van der Waals surface area (Å²) in [4.78, 5) is 69.3. The van der Waals surface area contributed by atoms with Gasteiger partial charge in [-0.1, -0.05) is 6.07 Å². The van der Waals surface area contributed by atoms with E-state index in [1.165, 1.54) is 52.0 Å². The molecule has 2 atom stereocenters. The summed E-state index contributed by atoms with van der Waals surface area (Å²) in [6.45, 7) is 4.06. The quantitative estimate of drug-likeness (QED) is 0.310. The Bertz CT molecular complexity index is 845. The number of hydrogen-bond donors (Lipinski definition) is 2. The molecule has 0 heterocycles. The molecule has 186 valence electrons. The number of esters is 4. The zero-order valence-corrected chi connectivity index (χ0v) is 19.4. The number of nitrogens with one attached hydrogen (secondary N) is 2. The van der Waals surface area contributed by atoms with Gasteiger partial charge in [-0.25, -0.2) is 0 Å². The minimum Gasteiger partial charge on any atom is -0.462 e. The average molecular weight is 480 g/mol. The average Bonchev–Trinajstić information content (AvgIpc) is 2.76. The highest BCUT2D eigenvalue weighted by Crippen LogP contribution is 2.07. The van der Waals surface area contributed by atoms with Crippen molar-refractivity contribution >= 4 is 35.7 Å². The summed E-state index contributed by atoms with van der Waals surface area (Å²) in [6.07, 6.45) is -1.76. The molecule has 0 aliphatic rings. The molecule has 1 aromatic carbocycles. The minimum atomic E-state index is -0.882. The van der Waals surface area contributed by atoms with Gasteiger partial charge in [0.05, 0.1) is 13.1 Å². The first-order valence-electron chi connectivity index (χ1n) is 10.3. The predicted octanol–water partition coefficient (Wildman–Crippen LogP) is 0.136. The lowest BCUT2D eigenvalue weighted by Crippen LogP contribution is -2.38. The number of carbonyl (C=O) groups is 6. The molecule has 12 nitrogen and oxygen atoms in total. The van der Waals surface area contributed by atoms with Gasteiger partial charge in [0.1, 0.15) is 13.2 Å². The van der Waals surface area contributed by atoms with Crippen LogP contribution in [0.1, 0.15) is 48.4 Å². The monoisotopic (exact) mass is 480 g/mol. The number of hydrogen-bond acceptors (Lipinski definition) is 10. The standard InChI is InChI=1S/C22H28N2O10/c1-13(25)31-11-19(33-15(3)27)9-23-21(29)17-6-5-7-18(8-17)22(30)24-10-20(34-16(4)28)12-32-14(2)26/h5-8,19-20H,9-12H2,1-4H3,(H,23,29)(H,24,30). The van der Waals surface area contributed by atoms with Gasteiger partial charge in [0, 0.05) is 38.8 Å². The first-order chi connectivity index (χ1) is 16.0. The molecule has 0 aliphatic heterocycles. The van der Waals surface area contributed by atoms with Crippen LogP contribution in [0, 0.1) is 0 Å². The molecule has 0 radical (unpaired) electrons. The fourth-order valence-electron chi connectivity index (χ4n) is 2.58. The summed E-state index contributed by atoms with van der Waals surface area (Å²) >= 11 is 0. The Balaban J connectivity index is 2.73. The van der Waals surface area contributed by atoms with Crippen LogP contribution in [0.2, 0.25) is 0 Å². The van der Waals surface area contributed by atoms with E-state index in [1.54, 1.807) is 0 Å². The maximum atomic E-state index is 12.5. The SMILES string of the molecule is CC(=O)OCC(CNC(=O)c1cccc(C(=O)NCC(COC(C)=O)OC(C)=O)c1)OC(C)=O. The molecular formula is C22H28N2O10. The van der Waals surface area contributed by atoms with Crippen molar-refractivity contribution in [3.05, 3.63) is 35.4 Å². The summed E-state index contributed by atoms with van der Waals surface area (Å²) in [5, 5.41) is 5.10. The van der Waals surface area contributed by atoms with Crippen LogP contribution in [0.4, 0.5) is 0 Å². The summed E-state index contributed by atoms with van der Waals surface area (Å²) in [7, 11) is 0. The van der Waals surface area contributed by atoms with Gasteiger partial charge in [-0.2, -0.15) is 0 Å². The van der Waals surface area contributed by atoms with Gasteiger partial charge in [0.15, 0.2) is 12.2 Å². The van der Waals surface area contributed by atoms with E-state index in [9.17, 15) is 28.8 Å². The molecule has 0 bridgehead atoms. The van der Waals surface area contributed by atoms with E-state index in [0.29, 0.717) is 0 Å². The molecule has 0 saturated carbocycles. The van der Waals surface area contributed by atoms with E-state index in [4.69, 9.17) is 18.9 Å². The predicted molar refractivity (Wildman–Crippen MR) is 115 cm³/mol. The molecular weight excluding hydrogens is 452 g/mol. The van der Waals surface area contributed by atoms with E-state index in [0.717, 1.165) is 0 Å². The van der Waals surface area contributed by atoms with Crippen molar-refractivity contribution < 1.29 is 47.7 Å². The summed E-state index contributed by atoms with van der Waals surface area (Å²) < 4.78 is 19.6. The Hall–Kier alpha value is -3.96. The zero-order valence-electron chi connectivity index (χ0n) is 19.4. The van der Waals surface area contributed by atoms with E-state index in [1.807, 2.05) is 0 Å². The molecule has 1 rings (SSSR count). The molecule has 1 aromatic rings. The number of amides is 2. The van der Waals surface area contributed by atoms with Gasteiger partial charge in [-0.15, -0.1) is 0 Å². The second-order valence-corrected chi connectivity index (χ2v) is 7.07.